The van der Waals surface area contributed by atoms with Gasteiger partial charge in [0.2, 0.25) is 24.5 Å². The smallest absolute Gasteiger partial charge is 0.493 e. The lowest BCUT2D eigenvalue weighted by Crippen LogP contribution is -2.53. The van der Waals surface area contributed by atoms with Crippen molar-refractivity contribution in [2.75, 3.05) is 71.3 Å². The average molecular weight is 1610 g/mol. The fraction of sp³-hybridized carbons (Fsp3) is 0.494. The van der Waals surface area contributed by atoms with E-state index in [-0.39, 0.29) is 106 Å². The number of benzene rings is 4. The molecule has 9 atom stereocenters. The van der Waals surface area contributed by atoms with Gasteiger partial charge in [-0.3, -0.25) is 53.3 Å². The fourth-order valence-electron chi connectivity index (χ4n) is 13.4. The number of ketones is 3. The lowest BCUT2D eigenvalue weighted by atomic mass is 9.89. The van der Waals surface area contributed by atoms with E-state index in [1.54, 1.807) is 77.7 Å². The Labute approximate surface area is 659 Å². The minimum Gasteiger partial charge on any atom is -0.493 e. The van der Waals surface area contributed by atoms with Crippen molar-refractivity contribution in [2.24, 2.45) is 17.6 Å². The predicted molar refractivity (Wildman–Crippen MR) is 409 cm³/mol. The molecule has 113 heavy (non-hydrogen) atoms. The minimum absolute atomic E-state index is 0.000939. The average Bonchev–Trinajstić information content (AvgIpc) is 1.56. The second-order valence-electron chi connectivity index (χ2n) is 27.5. The molecule has 4 aliphatic rings. The molecule has 4 aromatic rings. The van der Waals surface area contributed by atoms with Crippen molar-refractivity contribution in [3.8, 4) is 23.0 Å². The van der Waals surface area contributed by atoms with E-state index >= 15 is 0 Å². The molecule has 0 radical (unpaired) electrons. The van der Waals surface area contributed by atoms with Crippen molar-refractivity contribution in [2.45, 2.75) is 158 Å². The van der Waals surface area contributed by atoms with Gasteiger partial charge in [-0.25, -0.2) is 14.4 Å². The third-order valence-corrected chi connectivity index (χ3v) is 21.7. The van der Waals surface area contributed by atoms with E-state index in [0.29, 0.717) is 83.7 Å². The molecular weight excluding hydrogens is 1520 g/mol. The van der Waals surface area contributed by atoms with E-state index in [1.165, 1.54) is 25.7 Å². The van der Waals surface area contributed by atoms with Gasteiger partial charge in [0.05, 0.1) is 49.2 Å². The Morgan fingerprint density at radius 1 is 0.664 bits per heavy atom. The number of aliphatic carboxylic acids is 4. The molecule has 4 aromatic carbocycles. The molecule has 1 aliphatic carbocycles. The predicted octanol–water partition coefficient (Wildman–Crippen LogP) is 4.93. The number of piperidine rings is 1. The third-order valence-electron chi connectivity index (χ3n) is 19.2. The summed E-state index contributed by atoms with van der Waals surface area (Å²) in [6, 6.07) is 17.2. The van der Waals surface area contributed by atoms with Crippen molar-refractivity contribution >= 4 is 110 Å². The number of Topliss-reactive ketones (excluding diaryl/α,β-unsaturated/α-hetero) is 3. The fourth-order valence-corrected chi connectivity index (χ4v) is 15.5. The van der Waals surface area contributed by atoms with Crippen LogP contribution < -0.4 is 56.6 Å². The Morgan fingerprint density at radius 2 is 1.34 bits per heavy atom. The number of likely N-dealkylation sites (tertiary alicyclic amines) is 1. The molecule has 1 fully saturated rings. The Kier molecular flexibility index (Phi) is 34.9. The number of nitrogens with one attached hydrogen (secondary N) is 6. The number of ether oxygens (including phenoxy) is 6. The van der Waals surface area contributed by atoms with Crippen LogP contribution in [-0.2, 0) is 70.3 Å². The molecule has 8 rings (SSSR count). The van der Waals surface area contributed by atoms with Crippen LogP contribution in [0.15, 0.2) is 84.9 Å². The lowest BCUT2D eigenvalue weighted by molar-refractivity contribution is -0.144. The van der Waals surface area contributed by atoms with Crippen LogP contribution >= 0.6 is 21.6 Å². The molecule has 0 aromatic heterocycles. The number of amides is 5. The Hall–Kier alpha value is -10.4. The first-order valence-electron chi connectivity index (χ1n) is 37.2. The van der Waals surface area contributed by atoms with Gasteiger partial charge in [-0.05, 0) is 118 Å². The molecule has 0 bridgehead atoms. The monoisotopic (exact) mass is 1610 g/mol. The lowest BCUT2D eigenvalue weighted by Gasteiger charge is -2.38. The van der Waals surface area contributed by atoms with Gasteiger partial charge < -0.3 is 101 Å². The standard InChI is InChI=1S/C77H97N9O25S2/c1-106-59-36-49-52(73(99)86(29-15-28-85-26-13-6-14-27-85)69-50-37-60-61(110-44-109-60)38-51(50)70(96)68(49)69)39-62(59)111-77(105)107-30-31-112-113-42-48(74(100)101)35-58(89)56(40-67(94)95)82-72(98)53(78)41-80-71(97)47(32-45-16-7-4-8-17-45)34-57(88)55(33-46-18-9-5-10-19-46)81-64(91)20-11-2-3-12-25-79-63(90)22-21-54(75(102)103)83-76(104)84-65(108-43-87)23-24-66(92)93/h4-5,7-10,16-19,36-39,43,47-48,53-56,64-65,73,81,91,99H,2-3,6,11-15,20-35,40-42,44,78H2,1H3,(H,79,90)(H,80,97)(H,82,98)(H,92,93)(H,94,95)(H,100,101)(H,102,103)(H2,83,84,104)/t47-,48-,53+,54-,55+,56+,64-,65-,73+/m1/s1. The summed E-state index contributed by atoms with van der Waals surface area (Å²) in [6.07, 6.45) is -1.62. The Balaban J connectivity index is 0.778. The number of carbonyl (C=O) groups excluding carboxylic acids is 9. The summed E-state index contributed by atoms with van der Waals surface area (Å²) in [5.41, 5.74) is 10.2. The Morgan fingerprint density at radius 3 is 2.00 bits per heavy atom. The zero-order valence-corrected chi connectivity index (χ0v) is 64.0. The summed E-state index contributed by atoms with van der Waals surface area (Å²) in [6.45, 7) is 2.56. The molecule has 0 saturated carbocycles. The quantitative estimate of drug-likeness (QED) is 0.00696. The van der Waals surface area contributed by atoms with E-state index in [4.69, 9.17) is 34.5 Å². The number of carboxylic acids is 4. The number of urea groups is 1. The van der Waals surface area contributed by atoms with E-state index in [1.807, 2.05) is 0 Å². The summed E-state index contributed by atoms with van der Waals surface area (Å²) >= 11 is 0. The molecule has 1 saturated heterocycles. The van der Waals surface area contributed by atoms with Gasteiger partial charge in [0.1, 0.15) is 24.9 Å². The molecule has 3 heterocycles. The number of nitrogens with zero attached hydrogens (tertiary/aromatic N) is 2. The van der Waals surface area contributed by atoms with Crippen LogP contribution in [0.5, 0.6) is 23.0 Å². The van der Waals surface area contributed by atoms with Crippen molar-refractivity contribution in [1.29, 1.82) is 0 Å². The van der Waals surface area contributed by atoms with E-state index in [0.717, 1.165) is 59.6 Å². The number of carbonyl (C=O) groups is 13. The number of methoxy groups -OCH3 is 1. The zero-order chi connectivity index (χ0) is 81.5. The highest BCUT2D eigenvalue weighted by atomic mass is 33.1. The Bertz CT molecular complexity index is 4040. The molecule has 36 heteroatoms. The summed E-state index contributed by atoms with van der Waals surface area (Å²) in [5, 5.41) is 76.8. The second kappa shape index (κ2) is 44.8. The van der Waals surface area contributed by atoms with E-state index in [2.05, 4.69) is 41.5 Å². The van der Waals surface area contributed by atoms with Gasteiger partial charge in [-0.1, -0.05) is 102 Å². The summed E-state index contributed by atoms with van der Waals surface area (Å²) in [7, 11) is 3.46. The van der Waals surface area contributed by atoms with Crippen LogP contribution in [0.1, 0.15) is 147 Å². The minimum atomic E-state index is -1.74. The van der Waals surface area contributed by atoms with Gasteiger partial charge in [0, 0.05) is 79.4 Å². The van der Waals surface area contributed by atoms with Gasteiger partial charge in [0.25, 0.3) is 6.47 Å². The molecular formula is C77H97N9O25S2. The highest BCUT2D eigenvalue weighted by Crippen LogP contribution is 2.53. The maximum absolute atomic E-state index is 14.4. The van der Waals surface area contributed by atoms with Crippen molar-refractivity contribution in [3.05, 3.63) is 118 Å². The number of unbranched alkanes of at least 4 members (excludes halogenated alkanes) is 3. The molecule has 34 nitrogen and oxygen atoms in total. The summed E-state index contributed by atoms with van der Waals surface area (Å²) < 4.78 is 32.5. The van der Waals surface area contributed by atoms with Crippen LogP contribution in [0.2, 0.25) is 0 Å². The van der Waals surface area contributed by atoms with Gasteiger partial charge in [-0.15, -0.1) is 0 Å². The maximum atomic E-state index is 14.4. The number of nitrogens with two attached hydrogens (primary N) is 1. The number of rotatable bonds is 50. The number of hydrogen-bond acceptors (Lipinski definition) is 27. The summed E-state index contributed by atoms with van der Waals surface area (Å²) in [4.78, 5) is 171. The molecule has 5 amide bonds. The highest BCUT2D eigenvalue weighted by Gasteiger charge is 2.44. The third kappa shape index (κ3) is 27.2. The van der Waals surface area contributed by atoms with Crippen LogP contribution in [-0.4, -0.2) is 226 Å². The number of hydrogen-bond donors (Lipinski definition) is 13. The first kappa shape index (κ1) is 88.2. The molecule has 3 aliphatic heterocycles. The van der Waals surface area contributed by atoms with Crippen LogP contribution in [0.3, 0.4) is 0 Å². The zero-order valence-electron chi connectivity index (χ0n) is 62.4. The number of aliphatic hydroxyl groups excluding tert-OH is 2. The number of carboxylic acid groups (broad SMARTS) is 4. The largest absolute Gasteiger partial charge is 0.514 e. The molecule has 0 unspecified atom stereocenters. The number of fused-ring (bicyclic) bond motifs is 5. The van der Waals surface area contributed by atoms with Crippen LogP contribution in [0.4, 0.5) is 9.59 Å². The van der Waals surface area contributed by atoms with Crippen LogP contribution in [0, 0.1) is 11.8 Å². The molecule has 0 spiro atoms. The normalized spacial score (nSPS) is 16.2. The van der Waals surface area contributed by atoms with Gasteiger partial charge >= 0.3 is 36.1 Å². The van der Waals surface area contributed by atoms with E-state index < -0.39 is 146 Å². The molecule has 14 N–H and O–H groups in total. The SMILES string of the molecule is COc1cc2c(cc1OC(=O)OCCSSC[C@@H](CC(=O)[C@H](CC(=O)O)NC(=O)[C@@H](N)CNC(=O)[C@@H](CC(=O)[C@H](Cc1ccccc1)N[C@H](O)CCCCCCNC(=O)CC[C@@H](NC(=O)N[C@@H](CCC(=O)O)OC=O)C(=O)O)Cc1ccccc1)C(=O)O)[C@H](O)N(CCCN1CCCCC1)C1=C2C(=O)c2cc3c(cc21)OCO3. The molecule has 612 valence electrons. The van der Waals surface area contributed by atoms with Crippen LogP contribution in [0.25, 0.3) is 11.3 Å². The van der Waals surface area contributed by atoms with Gasteiger partial charge in [0.15, 0.2) is 52.8 Å². The second-order valence-corrected chi connectivity index (χ2v) is 30.1. The van der Waals surface area contributed by atoms with Crippen molar-refractivity contribution in [3.63, 3.8) is 0 Å². The van der Waals surface area contributed by atoms with Gasteiger partial charge in [-0.2, -0.15) is 0 Å². The van der Waals surface area contributed by atoms with Crippen molar-refractivity contribution < 1.29 is 121 Å². The number of allylic oxidation sites excluding steroid dienone is 1. The maximum Gasteiger partial charge on any atom is 0.514 e. The highest BCUT2D eigenvalue weighted by molar-refractivity contribution is 8.76. The van der Waals surface area contributed by atoms with E-state index in [9.17, 15) is 87.9 Å². The first-order valence-corrected chi connectivity index (χ1v) is 39.7. The topological polar surface area (TPSA) is 503 Å². The van der Waals surface area contributed by atoms with Crippen molar-refractivity contribution in [1.82, 2.24) is 41.7 Å². The summed E-state index contributed by atoms with van der Waals surface area (Å²) in [5.74, 6) is -11.2. The first-order chi connectivity index (χ1) is 54.3. The number of aliphatic hydroxyl groups is 2.